The van der Waals surface area contributed by atoms with E-state index in [-0.39, 0.29) is 0 Å². The van der Waals surface area contributed by atoms with Crippen molar-refractivity contribution in [3.8, 4) is 5.75 Å². The van der Waals surface area contributed by atoms with Gasteiger partial charge in [-0.1, -0.05) is 25.1 Å². The van der Waals surface area contributed by atoms with Gasteiger partial charge in [0.15, 0.2) is 0 Å². The molecular formula is C9H10O. The van der Waals surface area contributed by atoms with Crippen molar-refractivity contribution in [1.82, 2.24) is 0 Å². The lowest BCUT2D eigenvalue weighted by Crippen LogP contribution is -1.94. The van der Waals surface area contributed by atoms with Crippen LogP contribution >= 0.6 is 0 Å². The summed E-state index contributed by atoms with van der Waals surface area (Å²) in [6, 6.07) is 10.5. The predicted octanol–water partition coefficient (Wildman–Crippen LogP) is 2.09. The van der Waals surface area contributed by atoms with E-state index in [4.69, 9.17) is 4.74 Å². The van der Waals surface area contributed by atoms with Crippen LogP contribution in [0.4, 0.5) is 0 Å². The summed E-state index contributed by atoms with van der Waals surface area (Å²) < 4.78 is 5.24. The predicted molar refractivity (Wildman–Crippen MR) is 40.7 cm³/mol. The Balaban J connectivity index is 2.43. The molecule has 0 fully saturated rings. The molecule has 0 bridgehead atoms. The van der Waals surface area contributed by atoms with E-state index in [2.05, 4.69) is 6.07 Å². The maximum absolute atomic E-state index is 5.24. The molecule has 1 nitrogen and oxygen atoms in total. The van der Waals surface area contributed by atoms with Gasteiger partial charge >= 0.3 is 0 Å². The Hall–Kier alpha value is -0.980. The molecule has 2 radical (unpaired) electrons. The Labute approximate surface area is 61.6 Å². The molecule has 0 N–H and O–H groups in total. The highest BCUT2D eigenvalue weighted by molar-refractivity contribution is 5.19. The molecule has 0 aliphatic rings. The molecule has 0 atom stereocenters. The van der Waals surface area contributed by atoms with Crippen LogP contribution in [0.1, 0.15) is 6.92 Å². The first-order valence-corrected chi connectivity index (χ1v) is 3.31. The molecule has 10 heavy (non-hydrogen) atoms. The van der Waals surface area contributed by atoms with Gasteiger partial charge in [-0.3, -0.25) is 0 Å². The fourth-order valence-electron chi connectivity index (χ4n) is 0.640. The molecule has 0 heterocycles. The Morgan fingerprint density at radius 1 is 1.60 bits per heavy atom. The van der Waals surface area contributed by atoms with Gasteiger partial charge in [0.05, 0.1) is 6.61 Å². The highest BCUT2D eigenvalue weighted by atomic mass is 16.5. The molecule has 0 amide bonds. The molecular weight excluding hydrogens is 124 g/mol. The normalized spacial score (nSPS) is 9.30. The maximum atomic E-state index is 5.24. The number of hydrogen-bond donors (Lipinski definition) is 0. The second-order valence-corrected chi connectivity index (χ2v) is 1.95. The first-order valence-electron chi connectivity index (χ1n) is 3.31. The van der Waals surface area contributed by atoms with Crippen LogP contribution in [0.5, 0.6) is 5.75 Å². The Bertz CT molecular complexity index is 169. The van der Waals surface area contributed by atoms with Gasteiger partial charge in [-0.25, -0.2) is 0 Å². The summed E-state index contributed by atoms with van der Waals surface area (Å²) in [6.07, 6.45) is 1.96. The minimum absolute atomic E-state index is 0.653. The van der Waals surface area contributed by atoms with Crippen LogP contribution in [-0.2, 0) is 0 Å². The van der Waals surface area contributed by atoms with Crippen LogP contribution in [0, 0.1) is 12.5 Å². The van der Waals surface area contributed by atoms with Crippen molar-refractivity contribution in [2.45, 2.75) is 6.92 Å². The van der Waals surface area contributed by atoms with Crippen LogP contribution in [-0.4, -0.2) is 6.61 Å². The van der Waals surface area contributed by atoms with Crippen LogP contribution in [0.3, 0.4) is 0 Å². The van der Waals surface area contributed by atoms with Crippen molar-refractivity contribution in [1.29, 1.82) is 0 Å². The fraction of sp³-hybridized carbons (Fsp3) is 0.222. The molecule has 1 rings (SSSR count). The average molecular weight is 134 g/mol. The van der Waals surface area contributed by atoms with E-state index in [0.29, 0.717) is 6.61 Å². The minimum atomic E-state index is 0.653. The van der Waals surface area contributed by atoms with Crippen molar-refractivity contribution in [2.24, 2.45) is 0 Å². The molecule has 1 heteroatoms. The van der Waals surface area contributed by atoms with Crippen molar-refractivity contribution >= 4 is 0 Å². The summed E-state index contributed by atoms with van der Waals surface area (Å²) in [5, 5.41) is 0. The van der Waals surface area contributed by atoms with Gasteiger partial charge < -0.3 is 4.74 Å². The van der Waals surface area contributed by atoms with E-state index in [1.54, 1.807) is 0 Å². The number of para-hydroxylation sites is 1. The van der Waals surface area contributed by atoms with E-state index in [1.165, 1.54) is 0 Å². The molecule has 0 saturated heterocycles. The topological polar surface area (TPSA) is 9.23 Å². The second kappa shape index (κ2) is 3.94. The third-order valence-electron chi connectivity index (χ3n) is 1.09. The molecule has 0 saturated carbocycles. The summed E-state index contributed by atoms with van der Waals surface area (Å²) >= 11 is 0. The summed E-state index contributed by atoms with van der Waals surface area (Å²) in [6.45, 7) is 2.61. The molecule has 1 aromatic rings. The zero-order chi connectivity index (χ0) is 7.23. The maximum Gasteiger partial charge on any atom is 0.127 e. The molecule has 0 aliphatic carbocycles. The summed E-state index contributed by atoms with van der Waals surface area (Å²) in [5.74, 6) is 0.806. The van der Waals surface area contributed by atoms with Gasteiger partial charge in [-0.05, 0) is 12.5 Å². The van der Waals surface area contributed by atoms with E-state index in [9.17, 15) is 0 Å². The van der Waals surface area contributed by atoms with Crippen molar-refractivity contribution < 1.29 is 4.74 Å². The Morgan fingerprint density at radius 3 is 3.10 bits per heavy atom. The highest BCUT2D eigenvalue weighted by Gasteiger charge is 1.87. The van der Waals surface area contributed by atoms with E-state index < -0.39 is 0 Å². The van der Waals surface area contributed by atoms with E-state index >= 15 is 0 Å². The second-order valence-electron chi connectivity index (χ2n) is 1.95. The van der Waals surface area contributed by atoms with Gasteiger partial charge in [0.2, 0.25) is 0 Å². The van der Waals surface area contributed by atoms with Gasteiger partial charge in [-0.2, -0.15) is 0 Å². The number of hydrogen-bond acceptors (Lipinski definition) is 1. The van der Waals surface area contributed by atoms with E-state index in [1.807, 2.05) is 37.6 Å². The number of rotatable bonds is 3. The molecule has 0 aromatic heterocycles. The third-order valence-corrected chi connectivity index (χ3v) is 1.09. The van der Waals surface area contributed by atoms with Gasteiger partial charge in [-0.15, -0.1) is 0 Å². The summed E-state index contributed by atoms with van der Waals surface area (Å²) in [5.41, 5.74) is 0. The zero-order valence-electron chi connectivity index (χ0n) is 6.00. The number of ether oxygens (including phenoxy) is 1. The van der Waals surface area contributed by atoms with Crippen molar-refractivity contribution in [2.75, 3.05) is 6.61 Å². The lowest BCUT2D eigenvalue weighted by molar-refractivity contribution is 0.349. The lowest BCUT2D eigenvalue weighted by Gasteiger charge is -2.00. The van der Waals surface area contributed by atoms with Crippen LogP contribution in [0.15, 0.2) is 24.3 Å². The smallest absolute Gasteiger partial charge is 0.127 e. The van der Waals surface area contributed by atoms with E-state index in [0.717, 1.165) is 5.75 Å². The molecule has 1 aromatic carbocycles. The van der Waals surface area contributed by atoms with Crippen LogP contribution < -0.4 is 4.74 Å². The number of benzene rings is 1. The summed E-state index contributed by atoms with van der Waals surface area (Å²) in [7, 11) is 0. The average Bonchev–Trinajstić information content (AvgIpc) is 2.03. The van der Waals surface area contributed by atoms with Crippen molar-refractivity contribution in [3.05, 3.63) is 36.8 Å². The van der Waals surface area contributed by atoms with Gasteiger partial charge in [0.25, 0.3) is 0 Å². The van der Waals surface area contributed by atoms with Gasteiger partial charge in [0.1, 0.15) is 5.75 Å². The largest absolute Gasteiger partial charge is 0.493 e. The molecule has 0 spiro atoms. The first kappa shape index (κ1) is 7.13. The summed E-state index contributed by atoms with van der Waals surface area (Å²) in [4.78, 5) is 0. The first-order chi connectivity index (χ1) is 4.93. The quantitative estimate of drug-likeness (QED) is 0.615. The van der Waals surface area contributed by atoms with Gasteiger partial charge in [0, 0.05) is 6.07 Å². The Kier molecular flexibility index (Phi) is 2.81. The molecule has 52 valence electrons. The van der Waals surface area contributed by atoms with Crippen LogP contribution in [0.2, 0.25) is 0 Å². The highest BCUT2D eigenvalue weighted by Crippen LogP contribution is 2.06. The third kappa shape index (κ3) is 2.09. The fourth-order valence-corrected chi connectivity index (χ4v) is 0.640. The zero-order valence-corrected chi connectivity index (χ0v) is 6.00. The monoisotopic (exact) mass is 134 g/mol. The molecule has 0 unspecified atom stereocenters. The van der Waals surface area contributed by atoms with Crippen LogP contribution in [0.25, 0.3) is 0 Å². The lowest BCUT2D eigenvalue weighted by atomic mass is 10.3. The Morgan fingerprint density at radius 2 is 2.50 bits per heavy atom. The minimum Gasteiger partial charge on any atom is -0.493 e. The SMILES string of the molecule is C[CH]COc1[c]cccc1. The standard InChI is InChI=1S/C9H10O/c1-2-8-10-9-6-4-3-5-7-9/h2-6H,8H2,1H3. The van der Waals surface area contributed by atoms with Crippen molar-refractivity contribution in [3.63, 3.8) is 0 Å². The molecule has 0 aliphatic heterocycles.